The number of benzene rings is 1. The van der Waals surface area contributed by atoms with Crippen molar-refractivity contribution >= 4 is 11.7 Å². The molecule has 1 aromatic carbocycles. The van der Waals surface area contributed by atoms with Crippen molar-refractivity contribution in [1.82, 2.24) is 29.2 Å². The van der Waals surface area contributed by atoms with E-state index in [9.17, 15) is 23.8 Å². The van der Waals surface area contributed by atoms with Crippen molar-refractivity contribution in [2.75, 3.05) is 7.05 Å². The van der Waals surface area contributed by atoms with Gasteiger partial charge < -0.3 is 19.8 Å². The molecule has 1 amide bonds. The number of rotatable bonds is 4. The number of aromatic nitrogens is 5. The minimum atomic E-state index is -3.04. The smallest absolute Gasteiger partial charge is 0.387 e. The lowest BCUT2D eigenvalue weighted by atomic mass is 9.68. The molecule has 10 nitrogen and oxygen atoms in total. The van der Waals surface area contributed by atoms with E-state index in [0.717, 1.165) is 5.69 Å². The summed E-state index contributed by atoms with van der Waals surface area (Å²) >= 11 is 0. The van der Waals surface area contributed by atoms with Gasteiger partial charge in [-0.05, 0) is 25.5 Å². The molecule has 2 atom stereocenters. The molecule has 1 aliphatic heterocycles. The predicted octanol–water partition coefficient (Wildman–Crippen LogP) is 3.18. The summed E-state index contributed by atoms with van der Waals surface area (Å²) in [5.41, 5.74) is 1.30. The van der Waals surface area contributed by atoms with Crippen LogP contribution in [-0.2, 0) is 5.60 Å². The van der Waals surface area contributed by atoms with Crippen LogP contribution in [-0.4, -0.2) is 64.6 Å². The summed E-state index contributed by atoms with van der Waals surface area (Å²) in [4.78, 5) is 32.8. The number of ether oxygens (including phenoxy) is 1. The Labute approximate surface area is 220 Å². The van der Waals surface area contributed by atoms with Crippen molar-refractivity contribution in [3.8, 4) is 16.9 Å². The molecule has 4 aromatic rings. The highest BCUT2D eigenvalue weighted by molar-refractivity contribution is 5.98. The Kier molecular flexibility index (Phi) is 4.93. The zero-order valence-corrected chi connectivity index (χ0v) is 21.0. The van der Waals surface area contributed by atoms with Gasteiger partial charge in [-0.15, -0.1) is 0 Å². The van der Waals surface area contributed by atoms with Gasteiger partial charge in [0, 0.05) is 72.8 Å². The van der Waals surface area contributed by atoms with E-state index in [-0.39, 0.29) is 36.4 Å². The largest absolute Gasteiger partial charge is 0.434 e. The molecule has 0 radical (unpaired) electrons. The first-order valence-electron chi connectivity index (χ1n) is 12.6. The summed E-state index contributed by atoms with van der Waals surface area (Å²) in [5.74, 6) is -0.0656. The lowest BCUT2D eigenvalue weighted by molar-refractivity contribution is -0.180. The Morgan fingerprint density at radius 2 is 1.82 bits per heavy atom. The number of amides is 1. The summed E-state index contributed by atoms with van der Waals surface area (Å²) in [6.07, 6.45) is 7.45. The number of aliphatic hydroxyl groups is 2. The van der Waals surface area contributed by atoms with Gasteiger partial charge in [0.05, 0.1) is 23.0 Å². The number of hydrogen-bond acceptors (Lipinski definition) is 8. The fraction of sp³-hybridized carbons (Fsp3) is 0.370. The minimum Gasteiger partial charge on any atom is -0.434 e. The molecule has 200 valence electrons. The van der Waals surface area contributed by atoms with Crippen LogP contribution in [0.4, 0.5) is 8.78 Å². The third-order valence-electron chi connectivity index (χ3n) is 8.05. The van der Waals surface area contributed by atoms with Gasteiger partial charge in [0.15, 0.2) is 5.82 Å². The average Bonchev–Trinajstić information content (AvgIpc) is 3.40. The molecule has 7 rings (SSSR count). The van der Waals surface area contributed by atoms with Gasteiger partial charge >= 0.3 is 6.61 Å². The Balaban J connectivity index is 1.33. The maximum absolute atomic E-state index is 13.3. The van der Waals surface area contributed by atoms with Crippen molar-refractivity contribution in [3.63, 3.8) is 0 Å². The zero-order valence-electron chi connectivity index (χ0n) is 21.0. The van der Waals surface area contributed by atoms with E-state index in [2.05, 4.69) is 15.0 Å². The van der Waals surface area contributed by atoms with Gasteiger partial charge in [-0.25, -0.2) is 19.9 Å². The first kappa shape index (κ1) is 24.0. The normalized spacial score (nSPS) is 27.4. The van der Waals surface area contributed by atoms with E-state index in [4.69, 9.17) is 9.72 Å². The summed E-state index contributed by atoms with van der Waals surface area (Å²) in [6.45, 7) is -1.38. The van der Waals surface area contributed by atoms with Gasteiger partial charge in [0.2, 0.25) is 5.78 Å². The lowest BCUT2D eigenvalue weighted by Crippen LogP contribution is -2.53. The van der Waals surface area contributed by atoms with Crippen LogP contribution < -0.4 is 4.74 Å². The second-order valence-electron chi connectivity index (χ2n) is 10.9. The topological polar surface area (TPSA) is 126 Å². The van der Waals surface area contributed by atoms with Crippen LogP contribution in [0.15, 0.2) is 43.0 Å². The van der Waals surface area contributed by atoms with Crippen molar-refractivity contribution < 1.29 is 28.5 Å². The third kappa shape index (κ3) is 3.54. The Hall–Kier alpha value is -4.03. The molecule has 1 fully saturated rings. The average molecular weight is 535 g/mol. The Morgan fingerprint density at radius 1 is 1.10 bits per heavy atom. The number of alkyl halides is 2. The SMILES string of the molecule is CN1C(=O)c2cccc(OC(F)F)c2C2CC1c1nc3ncc(-c4cnc(C5(O)CC(C)(O)C5)nc4)cn3c12. The Bertz CT molecular complexity index is 1650. The molecule has 12 heteroatoms. The number of fused-ring (bicyclic) bond motifs is 9. The van der Waals surface area contributed by atoms with Gasteiger partial charge in [-0.2, -0.15) is 8.78 Å². The standard InChI is InChI=1S/C27H24F2N6O4/c1-26(37)11-27(38,12-26)23-30-7-13(8-31-23)14-9-32-25-33-20-17-6-16(21(20)35(25)10-14)19-15(22(36)34(17)2)4-3-5-18(19)39-24(28)29/h3-5,7-10,16-17,24,37-38H,6,11-12H2,1-2H3. The van der Waals surface area contributed by atoms with Gasteiger partial charge in [0.1, 0.15) is 11.4 Å². The maximum atomic E-state index is 13.3. The van der Waals surface area contributed by atoms with Crippen molar-refractivity contribution in [2.45, 2.75) is 56.0 Å². The molecule has 1 saturated carbocycles. The fourth-order valence-electron chi connectivity index (χ4n) is 6.46. The molecule has 2 bridgehead atoms. The van der Waals surface area contributed by atoms with E-state index in [1.807, 2.05) is 10.6 Å². The number of halogens is 2. The monoisotopic (exact) mass is 534 g/mol. The van der Waals surface area contributed by atoms with Crippen LogP contribution >= 0.6 is 0 Å². The highest BCUT2D eigenvalue weighted by Crippen LogP contribution is 2.52. The van der Waals surface area contributed by atoms with Gasteiger partial charge in [-0.1, -0.05) is 6.07 Å². The first-order valence-corrected chi connectivity index (χ1v) is 12.6. The molecule has 2 aliphatic carbocycles. The lowest BCUT2D eigenvalue weighted by Gasteiger charge is -2.46. The van der Waals surface area contributed by atoms with E-state index in [0.29, 0.717) is 40.1 Å². The number of carbonyl (C=O) groups is 1. The molecule has 0 saturated heterocycles. The van der Waals surface area contributed by atoms with Crippen molar-refractivity contribution in [2.24, 2.45) is 0 Å². The molecule has 2 unspecified atom stereocenters. The minimum absolute atomic E-state index is 0.0290. The quantitative estimate of drug-likeness (QED) is 0.409. The predicted molar refractivity (Wildman–Crippen MR) is 132 cm³/mol. The van der Waals surface area contributed by atoms with Crippen LogP contribution in [0.5, 0.6) is 5.75 Å². The fourth-order valence-corrected chi connectivity index (χ4v) is 6.46. The second-order valence-corrected chi connectivity index (χ2v) is 10.9. The summed E-state index contributed by atoms with van der Waals surface area (Å²) in [5, 5.41) is 20.7. The number of imidazole rings is 1. The molecule has 2 N–H and O–H groups in total. The maximum Gasteiger partial charge on any atom is 0.387 e. The Morgan fingerprint density at radius 3 is 2.51 bits per heavy atom. The van der Waals surface area contributed by atoms with E-state index in [1.54, 1.807) is 49.6 Å². The summed E-state index contributed by atoms with van der Waals surface area (Å²) < 4.78 is 33.3. The van der Waals surface area contributed by atoms with E-state index >= 15 is 0 Å². The molecule has 39 heavy (non-hydrogen) atoms. The van der Waals surface area contributed by atoms with Gasteiger partial charge in [-0.3, -0.25) is 9.20 Å². The molecule has 3 aromatic heterocycles. The van der Waals surface area contributed by atoms with Crippen LogP contribution in [0.2, 0.25) is 0 Å². The van der Waals surface area contributed by atoms with Crippen LogP contribution in [0, 0.1) is 0 Å². The highest BCUT2D eigenvalue weighted by Gasteiger charge is 2.53. The highest BCUT2D eigenvalue weighted by atomic mass is 19.3. The molecule has 4 heterocycles. The zero-order chi connectivity index (χ0) is 27.3. The van der Waals surface area contributed by atoms with E-state index in [1.165, 1.54) is 6.07 Å². The second kappa shape index (κ2) is 7.99. The number of carbonyl (C=O) groups excluding carboxylic acids is 1. The van der Waals surface area contributed by atoms with Crippen LogP contribution in [0.25, 0.3) is 16.9 Å². The first-order chi connectivity index (χ1) is 18.5. The third-order valence-corrected chi connectivity index (χ3v) is 8.05. The molecular formula is C27H24F2N6O4. The number of hydrogen-bond donors (Lipinski definition) is 2. The number of nitrogens with zero attached hydrogens (tertiary/aromatic N) is 6. The molecular weight excluding hydrogens is 510 g/mol. The van der Waals surface area contributed by atoms with Crippen LogP contribution in [0.1, 0.15) is 71.3 Å². The van der Waals surface area contributed by atoms with Crippen molar-refractivity contribution in [3.05, 3.63) is 71.3 Å². The molecule has 3 aliphatic rings. The summed E-state index contributed by atoms with van der Waals surface area (Å²) in [7, 11) is 1.69. The van der Waals surface area contributed by atoms with Crippen molar-refractivity contribution in [1.29, 1.82) is 0 Å². The van der Waals surface area contributed by atoms with Gasteiger partial charge in [0.25, 0.3) is 5.91 Å². The molecule has 0 spiro atoms. The summed E-state index contributed by atoms with van der Waals surface area (Å²) in [6, 6.07) is 4.28. The van der Waals surface area contributed by atoms with E-state index < -0.39 is 23.7 Å². The van der Waals surface area contributed by atoms with Crippen LogP contribution in [0.3, 0.4) is 0 Å².